The number of nitrogens with zero attached hydrogens (tertiary/aromatic N) is 1. The van der Waals surface area contributed by atoms with Gasteiger partial charge in [0.25, 0.3) is 5.91 Å². The summed E-state index contributed by atoms with van der Waals surface area (Å²) in [7, 11) is 0. The second-order valence-corrected chi connectivity index (χ2v) is 7.15. The lowest BCUT2D eigenvalue weighted by Gasteiger charge is -2.27. The van der Waals surface area contributed by atoms with E-state index in [1.165, 1.54) is 5.56 Å². The first kappa shape index (κ1) is 17.8. The Kier molecular flexibility index (Phi) is 4.97. The summed E-state index contributed by atoms with van der Waals surface area (Å²) in [6, 6.07) is 14.1. The topological polar surface area (TPSA) is 57.4 Å². The van der Waals surface area contributed by atoms with Gasteiger partial charge in [0.05, 0.1) is 13.2 Å². The molecule has 1 saturated heterocycles. The molecule has 0 unspecified atom stereocenters. The van der Waals surface area contributed by atoms with Crippen molar-refractivity contribution in [1.82, 2.24) is 9.88 Å². The van der Waals surface area contributed by atoms with Crippen LogP contribution in [-0.2, 0) is 11.3 Å². The van der Waals surface area contributed by atoms with E-state index in [-0.39, 0.29) is 5.91 Å². The Morgan fingerprint density at radius 3 is 2.70 bits per heavy atom. The Labute approximate surface area is 159 Å². The minimum atomic E-state index is -0.114. The van der Waals surface area contributed by atoms with E-state index in [0.29, 0.717) is 5.69 Å². The highest BCUT2D eigenvalue weighted by Crippen LogP contribution is 2.23. The Balaban J connectivity index is 1.53. The van der Waals surface area contributed by atoms with E-state index in [4.69, 9.17) is 4.74 Å². The molecular formula is C22H25N3O2. The van der Waals surface area contributed by atoms with Gasteiger partial charge in [-0.2, -0.15) is 0 Å². The monoisotopic (exact) mass is 363 g/mol. The molecule has 140 valence electrons. The number of H-pyrrole nitrogens is 1. The van der Waals surface area contributed by atoms with E-state index in [0.717, 1.165) is 60.6 Å². The van der Waals surface area contributed by atoms with Crippen LogP contribution in [0.15, 0.2) is 42.5 Å². The third-order valence-electron chi connectivity index (χ3n) is 5.30. The van der Waals surface area contributed by atoms with Gasteiger partial charge in [0.1, 0.15) is 5.69 Å². The largest absolute Gasteiger partial charge is 0.379 e. The van der Waals surface area contributed by atoms with Gasteiger partial charge in [-0.15, -0.1) is 0 Å². The summed E-state index contributed by atoms with van der Waals surface area (Å²) in [6.45, 7) is 8.46. The maximum absolute atomic E-state index is 12.8. The van der Waals surface area contributed by atoms with E-state index in [9.17, 15) is 4.79 Å². The van der Waals surface area contributed by atoms with Crippen molar-refractivity contribution in [2.45, 2.75) is 20.4 Å². The second kappa shape index (κ2) is 7.55. The van der Waals surface area contributed by atoms with Crippen LogP contribution >= 0.6 is 0 Å². The highest BCUT2D eigenvalue weighted by molar-refractivity contribution is 6.06. The number of carbonyl (C=O) groups is 1. The quantitative estimate of drug-likeness (QED) is 0.740. The smallest absolute Gasteiger partial charge is 0.272 e. The first-order valence-corrected chi connectivity index (χ1v) is 9.40. The number of benzene rings is 2. The zero-order chi connectivity index (χ0) is 18.8. The van der Waals surface area contributed by atoms with Crippen LogP contribution in [0.5, 0.6) is 0 Å². The molecule has 0 bridgehead atoms. The number of aromatic nitrogens is 1. The molecular weight excluding hydrogens is 338 g/mol. The van der Waals surface area contributed by atoms with Crippen LogP contribution in [0.25, 0.3) is 10.9 Å². The lowest BCUT2D eigenvalue weighted by molar-refractivity contribution is 0.0341. The van der Waals surface area contributed by atoms with Gasteiger partial charge in [-0.1, -0.05) is 30.3 Å². The number of hydrogen-bond acceptors (Lipinski definition) is 3. The molecule has 1 aromatic heterocycles. The van der Waals surface area contributed by atoms with Gasteiger partial charge in [-0.05, 0) is 42.7 Å². The fourth-order valence-corrected chi connectivity index (χ4v) is 3.61. The van der Waals surface area contributed by atoms with Crippen LogP contribution in [0.4, 0.5) is 5.69 Å². The van der Waals surface area contributed by atoms with Gasteiger partial charge in [0.15, 0.2) is 0 Å². The van der Waals surface area contributed by atoms with Crippen LogP contribution in [0.1, 0.15) is 27.2 Å². The molecule has 2 aromatic carbocycles. The molecule has 0 radical (unpaired) electrons. The maximum Gasteiger partial charge on any atom is 0.272 e. The first-order chi connectivity index (χ1) is 13.1. The van der Waals surface area contributed by atoms with Crippen molar-refractivity contribution < 1.29 is 9.53 Å². The molecule has 0 saturated carbocycles. The fraction of sp³-hybridized carbons (Fsp3) is 0.318. The van der Waals surface area contributed by atoms with Gasteiger partial charge in [-0.25, -0.2) is 0 Å². The Bertz CT molecular complexity index is 971. The number of aryl methyl sites for hydroxylation is 1. The van der Waals surface area contributed by atoms with Crippen LogP contribution < -0.4 is 5.32 Å². The van der Waals surface area contributed by atoms with Crippen molar-refractivity contribution in [3.63, 3.8) is 0 Å². The van der Waals surface area contributed by atoms with Crippen molar-refractivity contribution in [2.75, 3.05) is 31.6 Å². The van der Waals surface area contributed by atoms with E-state index in [2.05, 4.69) is 28.2 Å². The third kappa shape index (κ3) is 3.75. The molecule has 3 aromatic rings. The summed E-state index contributed by atoms with van der Waals surface area (Å²) in [4.78, 5) is 18.4. The number of fused-ring (bicyclic) bond motifs is 1. The minimum Gasteiger partial charge on any atom is -0.379 e. The van der Waals surface area contributed by atoms with Crippen molar-refractivity contribution in [3.8, 4) is 0 Å². The van der Waals surface area contributed by atoms with E-state index in [1.807, 2.05) is 43.3 Å². The second-order valence-electron chi connectivity index (χ2n) is 7.15. The molecule has 1 aliphatic heterocycles. The SMILES string of the molecule is Cc1c(CN2CCOCC2)cccc1NC(=O)c1cc2cccc(C)c2[nH]1. The molecule has 0 atom stereocenters. The summed E-state index contributed by atoms with van der Waals surface area (Å²) < 4.78 is 5.42. The molecule has 1 aliphatic rings. The number of para-hydroxylation sites is 1. The standard InChI is InChI=1S/C22H25N3O2/c1-15-5-3-6-17-13-20(23-21(15)17)22(26)24-19-8-4-7-18(16(19)2)14-25-9-11-27-12-10-25/h3-8,13,23H,9-12,14H2,1-2H3,(H,24,26). The summed E-state index contributed by atoms with van der Waals surface area (Å²) in [5, 5.41) is 4.12. The lowest BCUT2D eigenvalue weighted by Crippen LogP contribution is -2.35. The average molecular weight is 363 g/mol. The Morgan fingerprint density at radius 1 is 1.15 bits per heavy atom. The number of nitrogens with one attached hydrogen (secondary N) is 2. The molecule has 1 fully saturated rings. The molecule has 5 nitrogen and oxygen atoms in total. The molecule has 5 heteroatoms. The first-order valence-electron chi connectivity index (χ1n) is 9.40. The highest BCUT2D eigenvalue weighted by Gasteiger charge is 2.15. The lowest BCUT2D eigenvalue weighted by atomic mass is 10.1. The molecule has 2 N–H and O–H groups in total. The van der Waals surface area contributed by atoms with E-state index < -0.39 is 0 Å². The molecule has 0 spiro atoms. The van der Waals surface area contributed by atoms with Crippen LogP contribution in [0, 0.1) is 13.8 Å². The van der Waals surface area contributed by atoms with Gasteiger partial charge in [0.2, 0.25) is 0 Å². The molecule has 2 heterocycles. The highest BCUT2D eigenvalue weighted by atomic mass is 16.5. The predicted molar refractivity (Wildman–Crippen MR) is 108 cm³/mol. The number of rotatable bonds is 4. The van der Waals surface area contributed by atoms with E-state index in [1.54, 1.807) is 0 Å². The Hall–Kier alpha value is -2.63. The van der Waals surface area contributed by atoms with Gasteiger partial charge < -0.3 is 15.0 Å². The summed E-state index contributed by atoms with van der Waals surface area (Å²) in [5.74, 6) is -0.114. The third-order valence-corrected chi connectivity index (χ3v) is 5.30. The van der Waals surface area contributed by atoms with Crippen molar-refractivity contribution >= 4 is 22.5 Å². The predicted octanol–water partition coefficient (Wildman–Crippen LogP) is 3.87. The summed E-state index contributed by atoms with van der Waals surface area (Å²) >= 11 is 0. The maximum atomic E-state index is 12.8. The summed E-state index contributed by atoms with van der Waals surface area (Å²) in [6.07, 6.45) is 0. The number of morpholine rings is 1. The molecule has 1 amide bonds. The Morgan fingerprint density at radius 2 is 1.93 bits per heavy atom. The number of amides is 1. The fourth-order valence-electron chi connectivity index (χ4n) is 3.61. The van der Waals surface area contributed by atoms with Crippen LogP contribution in [0.3, 0.4) is 0 Å². The molecule has 27 heavy (non-hydrogen) atoms. The van der Waals surface area contributed by atoms with Crippen molar-refractivity contribution in [3.05, 3.63) is 64.8 Å². The van der Waals surface area contributed by atoms with E-state index >= 15 is 0 Å². The number of hydrogen-bond donors (Lipinski definition) is 2. The normalized spacial score (nSPS) is 15.2. The van der Waals surface area contributed by atoms with Crippen molar-refractivity contribution in [2.24, 2.45) is 0 Å². The molecule has 0 aliphatic carbocycles. The van der Waals surface area contributed by atoms with Crippen LogP contribution in [0.2, 0.25) is 0 Å². The van der Waals surface area contributed by atoms with Crippen LogP contribution in [-0.4, -0.2) is 42.1 Å². The average Bonchev–Trinajstić information content (AvgIpc) is 3.12. The molecule has 4 rings (SSSR count). The summed E-state index contributed by atoms with van der Waals surface area (Å²) in [5.41, 5.74) is 5.95. The van der Waals surface area contributed by atoms with Gasteiger partial charge in [-0.3, -0.25) is 9.69 Å². The van der Waals surface area contributed by atoms with Gasteiger partial charge >= 0.3 is 0 Å². The number of aromatic amines is 1. The number of anilines is 1. The zero-order valence-corrected chi connectivity index (χ0v) is 15.8. The van der Waals surface area contributed by atoms with Gasteiger partial charge in [0, 0.05) is 36.2 Å². The zero-order valence-electron chi connectivity index (χ0n) is 15.8. The number of ether oxygens (including phenoxy) is 1. The van der Waals surface area contributed by atoms with Crippen molar-refractivity contribution in [1.29, 1.82) is 0 Å². The number of carbonyl (C=O) groups excluding carboxylic acids is 1. The minimum absolute atomic E-state index is 0.114.